The van der Waals surface area contributed by atoms with Gasteiger partial charge in [-0.05, 0) is 36.4 Å². The summed E-state index contributed by atoms with van der Waals surface area (Å²) in [5.74, 6) is -1.35. The third kappa shape index (κ3) is 4.48. The van der Waals surface area contributed by atoms with E-state index < -0.39 is 16.8 Å². The topological polar surface area (TPSA) is 99.0 Å². The molecule has 0 aromatic heterocycles. The molecule has 2 aromatic carbocycles. The Hall–Kier alpha value is -3.13. The van der Waals surface area contributed by atoms with Gasteiger partial charge < -0.3 is 9.57 Å². The van der Waals surface area contributed by atoms with Crippen LogP contribution in [0.15, 0.2) is 42.5 Å². The normalized spacial score (nSPS) is 10.1. The van der Waals surface area contributed by atoms with Crippen molar-refractivity contribution in [3.8, 4) is 5.75 Å². The van der Waals surface area contributed by atoms with E-state index in [2.05, 4.69) is 0 Å². The number of rotatable bonds is 5. The van der Waals surface area contributed by atoms with Gasteiger partial charge in [-0.2, -0.15) is 5.06 Å². The van der Waals surface area contributed by atoms with Crippen molar-refractivity contribution in [1.82, 2.24) is 5.06 Å². The Balaban J connectivity index is 2.40. The molecule has 0 saturated carbocycles. The number of hydrogen-bond acceptors (Lipinski definition) is 6. The van der Waals surface area contributed by atoms with Crippen LogP contribution in [0.2, 0.25) is 5.02 Å². The number of carbonyl (C=O) groups is 2. The molecule has 136 valence electrons. The SMILES string of the molecule is COc1cccc(CN(OC(C)=O)C(=O)c2ccc(Cl)cc2)c1[N+](=O)[O-]. The van der Waals surface area contributed by atoms with Crippen LogP contribution < -0.4 is 4.74 Å². The number of methoxy groups -OCH3 is 1. The largest absolute Gasteiger partial charge is 0.490 e. The van der Waals surface area contributed by atoms with Gasteiger partial charge in [0.15, 0.2) is 5.75 Å². The quantitative estimate of drug-likeness (QED) is 0.584. The van der Waals surface area contributed by atoms with Gasteiger partial charge in [0.05, 0.1) is 24.1 Å². The Morgan fingerprint density at radius 3 is 2.38 bits per heavy atom. The molecule has 2 aromatic rings. The minimum Gasteiger partial charge on any atom is -0.490 e. The van der Waals surface area contributed by atoms with Gasteiger partial charge in [0.25, 0.3) is 5.91 Å². The fourth-order valence-electron chi connectivity index (χ4n) is 2.26. The minimum absolute atomic E-state index is 0.0363. The number of nitro groups is 1. The van der Waals surface area contributed by atoms with Crippen LogP contribution in [0.25, 0.3) is 0 Å². The average molecular weight is 379 g/mol. The number of para-hydroxylation sites is 1. The smallest absolute Gasteiger partial charge is 0.329 e. The van der Waals surface area contributed by atoms with Gasteiger partial charge in [0.1, 0.15) is 0 Å². The van der Waals surface area contributed by atoms with Crippen molar-refractivity contribution in [2.24, 2.45) is 0 Å². The molecule has 0 radical (unpaired) electrons. The van der Waals surface area contributed by atoms with Crippen molar-refractivity contribution in [1.29, 1.82) is 0 Å². The molecule has 0 N–H and O–H groups in total. The van der Waals surface area contributed by atoms with Crippen molar-refractivity contribution < 1.29 is 24.1 Å². The van der Waals surface area contributed by atoms with E-state index in [4.69, 9.17) is 21.2 Å². The van der Waals surface area contributed by atoms with Crippen LogP contribution in [0.3, 0.4) is 0 Å². The third-order valence-electron chi connectivity index (χ3n) is 3.36. The first-order chi connectivity index (χ1) is 12.3. The lowest BCUT2D eigenvalue weighted by Gasteiger charge is -2.21. The summed E-state index contributed by atoms with van der Waals surface area (Å²) >= 11 is 5.80. The number of ether oxygens (including phenoxy) is 1. The predicted molar refractivity (Wildman–Crippen MR) is 92.7 cm³/mol. The maximum atomic E-state index is 12.6. The van der Waals surface area contributed by atoms with Gasteiger partial charge in [0, 0.05) is 17.5 Å². The number of hydrogen-bond donors (Lipinski definition) is 0. The number of nitrogens with zero attached hydrogens (tertiary/aromatic N) is 2. The summed E-state index contributed by atoms with van der Waals surface area (Å²) in [7, 11) is 1.30. The second-order valence-corrected chi connectivity index (χ2v) is 5.59. The van der Waals surface area contributed by atoms with Crippen LogP contribution in [-0.2, 0) is 16.2 Å². The molecular formula is C17H15ClN2O6. The molecule has 1 amide bonds. The summed E-state index contributed by atoms with van der Waals surface area (Å²) in [6, 6.07) is 10.4. The Labute approximate surface area is 154 Å². The second kappa shape index (κ2) is 8.30. The van der Waals surface area contributed by atoms with Crippen LogP contribution >= 0.6 is 11.6 Å². The highest BCUT2D eigenvalue weighted by Crippen LogP contribution is 2.31. The van der Waals surface area contributed by atoms with Crippen LogP contribution in [0.1, 0.15) is 22.8 Å². The van der Waals surface area contributed by atoms with E-state index in [1.165, 1.54) is 43.5 Å². The van der Waals surface area contributed by atoms with Gasteiger partial charge in [-0.25, -0.2) is 0 Å². The van der Waals surface area contributed by atoms with Gasteiger partial charge in [-0.3, -0.25) is 19.7 Å². The Kier molecular flexibility index (Phi) is 6.13. The van der Waals surface area contributed by atoms with Crippen LogP contribution in [0.4, 0.5) is 5.69 Å². The summed E-state index contributed by atoms with van der Waals surface area (Å²) in [5.41, 5.74) is 0.0511. The zero-order valence-corrected chi connectivity index (χ0v) is 14.7. The lowest BCUT2D eigenvalue weighted by molar-refractivity contribution is -0.386. The lowest BCUT2D eigenvalue weighted by Crippen LogP contribution is -2.32. The maximum Gasteiger partial charge on any atom is 0.329 e. The Bertz CT molecular complexity index is 838. The summed E-state index contributed by atoms with van der Waals surface area (Å²) in [4.78, 5) is 39.7. The molecule has 9 heteroatoms. The highest BCUT2D eigenvalue weighted by atomic mass is 35.5. The third-order valence-corrected chi connectivity index (χ3v) is 3.61. The highest BCUT2D eigenvalue weighted by molar-refractivity contribution is 6.30. The molecule has 0 unspecified atom stereocenters. The molecular weight excluding hydrogens is 364 g/mol. The molecule has 0 heterocycles. The molecule has 0 aliphatic carbocycles. The Morgan fingerprint density at radius 1 is 1.19 bits per heavy atom. The van der Waals surface area contributed by atoms with Crippen molar-refractivity contribution in [3.63, 3.8) is 0 Å². The molecule has 8 nitrogen and oxygen atoms in total. The molecule has 0 saturated heterocycles. The van der Waals surface area contributed by atoms with Crippen LogP contribution in [0.5, 0.6) is 5.75 Å². The molecule has 0 atom stereocenters. The average Bonchev–Trinajstić information content (AvgIpc) is 2.60. The monoisotopic (exact) mass is 378 g/mol. The second-order valence-electron chi connectivity index (χ2n) is 5.16. The number of hydroxylamine groups is 2. The summed E-state index contributed by atoms with van der Waals surface area (Å²) in [6.07, 6.45) is 0. The van der Waals surface area contributed by atoms with E-state index in [1.54, 1.807) is 6.07 Å². The van der Waals surface area contributed by atoms with Crippen LogP contribution in [-0.4, -0.2) is 29.0 Å². The van der Waals surface area contributed by atoms with E-state index in [0.717, 1.165) is 12.0 Å². The van der Waals surface area contributed by atoms with E-state index in [0.29, 0.717) is 5.02 Å². The number of halogens is 1. The molecule has 0 bridgehead atoms. The summed E-state index contributed by atoms with van der Waals surface area (Å²) in [6.45, 7) is 0.802. The number of benzene rings is 2. The van der Waals surface area contributed by atoms with Crippen molar-refractivity contribution in [2.75, 3.05) is 7.11 Å². The van der Waals surface area contributed by atoms with E-state index in [1.807, 2.05) is 0 Å². The van der Waals surface area contributed by atoms with Gasteiger partial charge in [-0.15, -0.1) is 0 Å². The standard InChI is InChI=1S/C17H15ClN2O6/c1-11(21)26-19(17(22)12-6-8-14(18)9-7-12)10-13-4-3-5-15(25-2)16(13)20(23)24/h3-9H,10H2,1-2H3. The first kappa shape index (κ1) is 19.2. The molecule has 0 spiro atoms. The van der Waals surface area contributed by atoms with E-state index >= 15 is 0 Å². The first-order valence-electron chi connectivity index (χ1n) is 7.39. The minimum atomic E-state index is -0.738. The number of amides is 1. The molecule has 0 aliphatic rings. The molecule has 0 fully saturated rings. The van der Waals surface area contributed by atoms with E-state index in [9.17, 15) is 19.7 Å². The van der Waals surface area contributed by atoms with E-state index in [-0.39, 0.29) is 29.1 Å². The maximum absolute atomic E-state index is 12.6. The first-order valence-corrected chi connectivity index (χ1v) is 7.77. The molecule has 2 rings (SSSR count). The fourth-order valence-corrected chi connectivity index (χ4v) is 2.39. The van der Waals surface area contributed by atoms with Gasteiger partial charge in [0.2, 0.25) is 0 Å². The molecule has 26 heavy (non-hydrogen) atoms. The lowest BCUT2D eigenvalue weighted by atomic mass is 10.1. The zero-order valence-electron chi connectivity index (χ0n) is 14.0. The number of carbonyl (C=O) groups excluding carboxylic acids is 2. The summed E-state index contributed by atoms with van der Waals surface area (Å²) < 4.78 is 5.00. The van der Waals surface area contributed by atoms with Crippen LogP contribution in [0, 0.1) is 10.1 Å². The number of nitro benzene ring substituents is 1. The van der Waals surface area contributed by atoms with Gasteiger partial charge >= 0.3 is 11.7 Å². The van der Waals surface area contributed by atoms with Gasteiger partial charge in [-0.1, -0.05) is 17.7 Å². The predicted octanol–water partition coefficient (Wildman–Crippen LogP) is 3.38. The Morgan fingerprint density at radius 2 is 1.85 bits per heavy atom. The zero-order chi connectivity index (χ0) is 19.3. The van der Waals surface area contributed by atoms with Crippen molar-refractivity contribution in [2.45, 2.75) is 13.5 Å². The highest BCUT2D eigenvalue weighted by Gasteiger charge is 2.26. The van der Waals surface area contributed by atoms with Crippen molar-refractivity contribution in [3.05, 3.63) is 68.7 Å². The molecule has 0 aliphatic heterocycles. The van der Waals surface area contributed by atoms with Crippen molar-refractivity contribution >= 4 is 29.2 Å². The summed E-state index contributed by atoms with van der Waals surface area (Å²) in [5, 5.41) is 12.6. The fraction of sp³-hybridized carbons (Fsp3) is 0.176.